The highest BCUT2D eigenvalue weighted by Gasteiger charge is 2.26. The molecule has 34 heavy (non-hydrogen) atoms. The maximum Gasteiger partial charge on any atom is 0.279 e. The predicted octanol–water partition coefficient (Wildman–Crippen LogP) is 1.04. The summed E-state index contributed by atoms with van der Waals surface area (Å²) in [6.45, 7) is 7.20. The van der Waals surface area contributed by atoms with Gasteiger partial charge in [0.05, 0.1) is 25.0 Å². The summed E-state index contributed by atoms with van der Waals surface area (Å²) in [5.74, 6) is -0.187. The van der Waals surface area contributed by atoms with Crippen molar-refractivity contribution in [3.05, 3.63) is 69.3 Å². The number of morpholine rings is 1. The molecule has 1 fully saturated rings. The molecule has 3 aromatic rings. The van der Waals surface area contributed by atoms with E-state index in [4.69, 9.17) is 4.74 Å². The Morgan fingerprint density at radius 1 is 1.12 bits per heavy atom. The summed E-state index contributed by atoms with van der Waals surface area (Å²) in [4.78, 5) is 30.9. The Labute approximate surface area is 198 Å². The molecule has 9 nitrogen and oxygen atoms in total. The molecule has 4 heterocycles. The van der Waals surface area contributed by atoms with Crippen LogP contribution in [0.4, 0.5) is 0 Å². The molecule has 2 aromatic heterocycles. The van der Waals surface area contributed by atoms with Crippen LogP contribution in [0.1, 0.15) is 33.6 Å². The number of rotatable bonds is 7. The minimum absolute atomic E-state index is 0.132. The van der Waals surface area contributed by atoms with Crippen LogP contribution < -0.4 is 10.9 Å². The lowest BCUT2D eigenvalue weighted by Crippen LogP contribution is -2.38. The van der Waals surface area contributed by atoms with Gasteiger partial charge in [0.25, 0.3) is 11.5 Å². The van der Waals surface area contributed by atoms with Crippen molar-refractivity contribution in [3.63, 3.8) is 0 Å². The van der Waals surface area contributed by atoms with E-state index in [0.717, 1.165) is 70.0 Å². The molecule has 0 aliphatic carbocycles. The van der Waals surface area contributed by atoms with E-state index in [0.29, 0.717) is 24.3 Å². The van der Waals surface area contributed by atoms with Gasteiger partial charge in [-0.05, 0) is 18.5 Å². The third-order valence-corrected chi connectivity index (χ3v) is 6.85. The zero-order chi connectivity index (χ0) is 23.5. The maximum atomic E-state index is 13.3. The zero-order valence-electron chi connectivity index (χ0n) is 19.7. The van der Waals surface area contributed by atoms with Crippen LogP contribution in [-0.2, 0) is 31.3 Å². The summed E-state index contributed by atoms with van der Waals surface area (Å²) in [5, 5.41) is 7.30. The third kappa shape index (κ3) is 4.64. The van der Waals surface area contributed by atoms with Crippen molar-refractivity contribution in [3.8, 4) is 0 Å². The number of ether oxygens (including phenoxy) is 1. The topological polar surface area (TPSA) is 84.1 Å². The van der Waals surface area contributed by atoms with E-state index in [1.807, 2.05) is 29.8 Å². The molecule has 5 rings (SSSR count). The maximum absolute atomic E-state index is 13.3. The van der Waals surface area contributed by atoms with Crippen molar-refractivity contribution in [1.82, 2.24) is 29.3 Å². The highest BCUT2D eigenvalue weighted by atomic mass is 16.5. The van der Waals surface area contributed by atoms with Gasteiger partial charge < -0.3 is 14.6 Å². The van der Waals surface area contributed by atoms with Gasteiger partial charge in [-0.3, -0.25) is 19.4 Å². The van der Waals surface area contributed by atoms with Crippen molar-refractivity contribution >= 4 is 11.6 Å². The Morgan fingerprint density at radius 3 is 2.71 bits per heavy atom. The summed E-state index contributed by atoms with van der Waals surface area (Å²) in [6, 6.07) is 10.3. The number of nitrogens with zero attached hydrogens (tertiary/aromatic N) is 5. The number of amides is 1. The lowest BCUT2D eigenvalue weighted by atomic mass is 10.1. The molecule has 1 amide bonds. The fraction of sp³-hybridized carbons (Fsp3) is 0.480. The van der Waals surface area contributed by atoms with Crippen molar-refractivity contribution in [2.45, 2.75) is 25.9 Å². The minimum Gasteiger partial charge on any atom is -0.379 e. The van der Waals surface area contributed by atoms with E-state index in [2.05, 4.69) is 32.3 Å². The van der Waals surface area contributed by atoms with Crippen molar-refractivity contribution < 1.29 is 9.53 Å². The van der Waals surface area contributed by atoms with Gasteiger partial charge in [0.1, 0.15) is 5.56 Å². The zero-order valence-corrected chi connectivity index (χ0v) is 19.7. The predicted molar refractivity (Wildman–Crippen MR) is 129 cm³/mol. The van der Waals surface area contributed by atoms with Gasteiger partial charge in [0, 0.05) is 58.4 Å². The third-order valence-electron chi connectivity index (χ3n) is 6.85. The van der Waals surface area contributed by atoms with Crippen LogP contribution in [0.3, 0.4) is 0 Å². The van der Waals surface area contributed by atoms with Crippen LogP contribution in [0, 0.1) is 0 Å². The highest BCUT2D eigenvalue weighted by Crippen LogP contribution is 2.21. The van der Waals surface area contributed by atoms with Crippen molar-refractivity contribution in [2.75, 3.05) is 45.9 Å². The highest BCUT2D eigenvalue weighted by molar-refractivity contribution is 5.99. The van der Waals surface area contributed by atoms with Gasteiger partial charge in [-0.2, -0.15) is 9.61 Å². The average molecular weight is 465 g/mol. The van der Waals surface area contributed by atoms with Gasteiger partial charge in [0.2, 0.25) is 0 Å². The first-order chi connectivity index (χ1) is 16.6. The molecule has 1 saturated heterocycles. The minimum atomic E-state index is -0.187. The number of carbonyl (C=O) groups excluding carboxylic acids is 1. The Bertz CT molecular complexity index is 1210. The van der Waals surface area contributed by atoms with E-state index in [-0.39, 0.29) is 11.5 Å². The first-order valence-corrected chi connectivity index (χ1v) is 12.0. The van der Waals surface area contributed by atoms with Crippen LogP contribution in [-0.4, -0.2) is 75.8 Å². The molecule has 0 unspecified atom stereocenters. The van der Waals surface area contributed by atoms with Crippen molar-refractivity contribution in [1.29, 1.82) is 0 Å². The van der Waals surface area contributed by atoms with Gasteiger partial charge in [-0.15, -0.1) is 0 Å². The van der Waals surface area contributed by atoms with E-state index in [1.165, 1.54) is 16.3 Å². The molecule has 2 aliphatic heterocycles. The largest absolute Gasteiger partial charge is 0.379 e. The number of fused-ring (bicyclic) bond motifs is 2. The Hall–Kier alpha value is -3.01. The summed E-state index contributed by atoms with van der Waals surface area (Å²) in [6.07, 6.45) is 3.15. The van der Waals surface area contributed by atoms with Crippen LogP contribution in [0.25, 0.3) is 5.65 Å². The molecule has 9 heteroatoms. The number of nitrogens with one attached hydrogen (secondary N) is 1. The van der Waals surface area contributed by atoms with E-state index < -0.39 is 0 Å². The van der Waals surface area contributed by atoms with E-state index in [9.17, 15) is 9.59 Å². The van der Waals surface area contributed by atoms with E-state index >= 15 is 0 Å². The van der Waals surface area contributed by atoms with Crippen molar-refractivity contribution in [2.24, 2.45) is 7.05 Å². The van der Waals surface area contributed by atoms with E-state index in [1.54, 1.807) is 0 Å². The van der Waals surface area contributed by atoms with Gasteiger partial charge in [-0.25, -0.2) is 0 Å². The quantitative estimate of drug-likeness (QED) is 0.526. The molecule has 0 bridgehead atoms. The fourth-order valence-electron chi connectivity index (χ4n) is 5.00. The van der Waals surface area contributed by atoms with Gasteiger partial charge in [0.15, 0.2) is 5.65 Å². The lowest BCUT2D eigenvalue weighted by molar-refractivity contribution is 0.0374. The van der Waals surface area contributed by atoms with Crippen LogP contribution >= 0.6 is 0 Å². The van der Waals surface area contributed by atoms with Crippen LogP contribution in [0.15, 0.2) is 41.3 Å². The number of aromatic nitrogens is 3. The molecular weight excluding hydrogens is 432 g/mol. The molecule has 180 valence electrons. The molecule has 0 atom stereocenters. The molecule has 1 N–H and O–H groups in total. The smallest absolute Gasteiger partial charge is 0.279 e. The summed E-state index contributed by atoms with van der Waals surface area (Å²) < 4.78 is 8.74. The standard InChI is InChI=1S/C25H32N6O3/c1-28-22-8-11-30(17-19-6-3-2-4-7-19)18-21(22)25(33)31-24(28)20(16-27-31)23(32)26-9-5-10-29-12-14-34-15-13-29/h2-4,6-7,16H,5,8-15,17-18H2,1H3,(H,26,32). The number of benzene rings is 1. The van der Waals surface area contributed by atoms with Gasteiger partial charge >= 0.3 is 0 Å². The Kier molecular flexibility index (Phi) is 6.75. The number of carbonyl (C=O) groups is 1. The number of hydrogen-bond acceptors (Lipinski definition) is 6. The number of hydrogen-bond donors (Lipinski definition) is 1. The molecule has 2 aliphatic rings. The summed E-state index contributed by atoms with van der Waals surface area (Å²) in [7, 11) is 1.93. The average Bonchev–Trinajstić information content (AvgIpc) is 3.32. The molecule has 0 radical (unpaired) electrons. The Balaban J connectivity index is 1.29. The van der Waals surface area contributed by atoms with Crippen LogP contribution in [0.5, 0.6) is 0 Å². The molecule has 0 spiro atoms. The first kappa shape index (κ1) is 22.8. The monoisotopic (exact) mass is 464 g/mol. The Morgan fingerprint density at radius 2 is 1.91 bits per heavy atom. The van der Waals surface area contributed by atoms with Crippen LogP contribution in [0.2, 0.25) is 0 Å². The second-order valence-corrected chi connectivity index (χ2v) is 9.09. The molecule has 0 saturated carbocycles. The van der Waals surface area contributed by atoms with Gasteiger partial charge in [-0.1, -0.05) is 30.3 Å². The summed E-state index contributed by atoms with van der Waals surface area (Å²) in [5.41, 5.74) is 3.86. The SMILES string of the molecule is Cn1c2c(c(=O)n3ncc(C(=O)NCCCN4CCOCC4)c13)CN(Cc1ccccc1)CC2. The fourth-order valence-corrected chi connectivity index (χ4v) is 5.00. The summed E-state index contributed by atoms with van der Waals surface area (Å²) >= 11 is 0. The number of aryl methyl sites for hydroxylation is 1. The normalized spacial score (nSPS) is 17.1. The molecule has 1 aromatic carbocycles. The lowest BCUT2D eigenvalue weighted by Gasteiger charge is -2.29. The molecular formula is C25H32N6O3. The first-order valence-electron chi connectivity index (χ1n) is 12.0. The second kappa shape index (κ2) is 10.1. The second-order valence-electron chi connectivity index (χ2n) is 9.09.